The molecule has 0 aromatic heterocycles. The fourth-order valence-electron chi connectivity index (χ4n) is 4.52. The molecule has 2 aliphatic rings. The summed E-state index contributed by atoms with van der Waals surface area (Å²) in [6.07, 6.45) is 3.11. The van der Waals surface area contributed by atoms with E-state index in [1.165, 1.54) is 12.0 Å². The molecule has 2 fully saturated rings. The van der Waals surface area contributed by atoms with Gasteiger partial charge in [0.05, 0.1) is 22.2 Å². The second-order valence-electron chi connectivity index (χ2n) is 7.26. The molecule has 3 rings (SSSR count). The topological polar surface area (TPSA) is 55.8 Å². The van der Waals surface area contributed by atoms with Crippen molar-refractivity contribution >= 4 is 28.2 Å². The SMILES string of the molecule is CCCC(=O)OC(C)OC(=O)N(Br)C1C2CCC(C2)C1c1ccccc1. The lowest BCUT2D eigenvalue weighted by Crippen LogP contribution is -2.42. The molecule has 0 aliphatic heterocycles. The van der Waals surface area contributed by atoms with Crippen molar-refractivity contribution < 1.29 is 19.1 Å². The molecule has 142 valence electrons. The fraction of sp³-hybridized carbons (Fsp3) is 0.600. The van der Waals surface area contributed by atoms with Crippen molar-refractivity contribution in [2.75, 3.05) is 0 Å². The summed E-state index contributed by atoms with van der Waals surface area (Å²) in [6, 6.07) is 10.4. The maximum Gasteiger partial charge on any atom is 0.423 e. The Hall–Kier alpha value is -1.56. The predicted octanol–water partition coefficient (Wildman–Crippen LogP) is 5.01. The molecule has 1 amide bonds. The van der Waals surface area contributed by atoms with E-state index in [0.717, 1.165) is 12.8 Å². The van der Waals surface area contributed by atoms with Gasteiger partial charge in [0.2, 0.25) is 6.29 Å². The predicted molar refractivity (Wildman–Crippen MR) is 102 cm³/mol. The third kappa shape index (κ3) is 4.05. The molecule has 0 N–H and O–H groups in total. The molecule has 26 heavy (non-hydrogen) atoms. The molecule has 1 aromatic carbocycles. The van der Waals surface area contributed by atoms with Gasteiger partial charge in [-0.05, 0) is 43.1 Å². The van der Waals surface area contributed by atoms with E-state index in [1.54, 1.807) is 10.8 Å². The number of hydrogen-bond acceptors (Lipinski definition) is 4. The molecule has 2 saturated carbocycles. The normalized spacial score (nSPS) is 27.8. The summed E-state index contributed by atoms with van der Waals surface area (Å²) in [6.45, 7) is 3.47. The second-order valence-corrected chi connectivity index (χ2v) is 8.03. The van der Waals surface area contributed by atoms with Gasteiger partial charge in [-0.15, -0.1) is 0 Å². The average Bonchev–Trinajstić information content (AvgIpc) is 3.23. The molecule has 0 spiro atoms. The van der Waals surface area contributed by atoms with Crippen molar-refractivity contribution in [2.45, 2.75) is 64.2 Å². The van der Waals surface area contributed by atoms with E-state index in [9.17, 15) is 9.59 Å². The maximum absolute atomic E-state index is 12.6. The van der Waals surface area contributed by atoms with E-state index < -0.39 is 12.4 Å². The van der Waals surface area contributed by atoms with Crippen LogP contribution in [0.25, 0.3) is 0 Å². The summed E-state index contributed by atoms with van der Waals surface area (Å²) in [4.78, 5) is 24.2. The zero-order valence-electron chi connectivity index (χ0n) is 15.3. The lowest BCUT2D eigenvalue weighted by Gasteiger charge is -2.36. The Morgan fingerprint density at radius 3 is 2.58 bits per heavy atom. The fourth-order valence-corrected chi connectivity index (χ4v) is 5.19. The number of carbonyl (C=O) groups is 2. The first-order chi connectivity index (χ1) is 12.5. The van der Waals surface area contributed by atoms with Crippen LogP contribution in [-0.2, 0) is 14.3 Å². The number of fused-ring (bicyclic) bond motifs is 2. The molecule has 6 heteroatoms. The summed E-state index contributed by atoms with van der Waals surface area (Å²) in [7, 11) is 0. The van der Waals surface area contributed by atoms with E-state index in [1.807, 2.05) is 25.1 Å². The minimum Gasteiger partial charge on any atom is -0.425 e. The number of hydrogen-bond donors (Lipinski definition) is 0. The van der Waals surface area contributed by atoms with Crippen LogP contribution in [0.1, 0.15) is 57.4 Å². The third-order valence-corrected chi connectivity index (χ3v) is 6.27. The monoisotopic (exact) mass is 423 g/mol. The Balaban J connectivity index is 1.66. The van der Waals surface area contributed by atoms with Gasteiger partial charge < -0.3 is 9.47 Å². The molecule has 0 radical (unpaired) electrons. The van der Waals surface area contributed by atoms with Gasteiger partial charge in [0, 0.05) is 19.3 Å². The van der Waals surface area contributed by atoms with Crippen LogP contribution in [0.4, 0.5) is 4.79 Å². The van der Waals surface area contributed by atoms with Gasteiger partial charge in [-0.1, -0.05) is 37.3 Å². The summed E-state index contributed by atoms with van der Waals surface area (Å²) in [5.41, 5.74) is 1.27. The number of rotatable bonds is 6. The van der Waals surface area contributed by atoms with Crippen LogP contribution in [0, 0.1) is 11.8 Å². The van der Waals surface area contributed by atoms with Gasteiger partial charge >= 0.3 is 12.1 Å². The zero-order valence-corrected chi connectivity index (χ0v) is 16.9. The van der Waals surface area contributed by atoms with Crippen LogP contribution in [0.2, 0.25) is 0 Å². The van der Waals surface area contributed by atoms with Gasteiger partial charge in [0.1, 0.15) is 0 Å². The van der Waals surface area contributed by atoms with Crippen LogP contribution in [-0.4, -0.2) is 28.3 Å². The van der Waals surface area contributed by atoms with Crippen molar-refractivity contribution in [2.24, 2.45) is 11.8 Å². The Bertz CT molecular complexity index is 638. The number of halogens is 1. The summed E-state index contributed by atoms with van der Waals surface area (Å²) >= 11 is 3.45. The van der Waals surface area contributed by atoms with Crippen molar-refractivity contribution in [1.29, 1.82) is 0 Å². The number of amides is 1. The smallest absolute Gasteiger partial charge is 0.423 e. The minimum atomic E-state index is -0.893. The zero-order chi connectivity index (χ0) is 18.7. The molecular formula is C20H26BrNO4. The van der Waals surface area contributed by atoms with Crippen molar-refractivity contribution in [3.05, 3.63) is 35.9 Å². The lowest BCUT2D eigenvalue weighted by molar-refractivity contribution is -0.165. The standard InChI is InChI=1S/C20H26BrNO4/c1-3-7-17(23)25-13(2)26-20(24)22(21)19-16-11-10-15(12-16)18(19)14-8-5-4-6-9-14/h4-6,8-9,13,15-16,18-19H,3,7,10-12H2,1-2H3. The van der Waals surface area contributed by atoms with Crippen molar-refractivity contribution in [3.8, 4) is 0 Å². The number of ether oxygens (including phenoxy) is 2. The molecule has 0 saturated heterocycles. The molecule has 1 aromatic rings. The molecule has 2 bridgehead atoms. The van der Waals surface area contributed by atoms with E-state index in [-0.39, 0.29) is 12.0 Å². The van der Waals surface area contributed by atoms with Crippen LogP contribution in [0.5, 0.6) is 0 Å². The third-order valence-electron chi connectivity index (χ3n) is 5.51. The summed E-state index contributed by atoms with van der Waals surface area (Å²) < 4.78 is 12.0. The first kappa shape index (κ1) is 19.2. The number of nitrogens with zero attached hydrogens (tertiary/aromatic N) is 1. The maximum atomic E-state index is 12.6. The van der Waals surface area contributed by atoms with Gasteiger partial charge in [0.25, 0.3) is 0 Å². The molecular weight excluding hydrogens is 398 g/mol. The lowest BCUT2D eigenvalue weighted by atomic mass is 9.80. The molecule has 2 aliphatic carbocycles. The highest BCUT2D eigenvalue weighted by molar-refractivity contribution is 9.07. The number of benzene rings is 1. The van der Waals surface area contributed by atoms with Crippen molar-refractivity contribution in [1.82, 2.24) is 3.93 Å². The highest BCUT2D eigenvalue weighted by Crippen LogP contribution is 2.55. The summed E-state index contributed by atoms with van der Waals surface area (Å²) in [5.74, 6) is 1.02. The number of esters is 1. The molecule has 5 nitrogen and oxygen atoms in total. The van der Waals surface area contributed by atoms with Gasteiger partial charge in [-0.3, -0.25) is 4.79 Å². The first-order valence-electron chi connectivity index (χ1n) is 9.41. The van der Waals surface area contributed by atoms with Crippen LogP contribution >= 0.6 is 16.1 Å². The van der Waals surface area contributed by atoms with E-state index in [2.05, 4.69) is 28.3 Å². The Labute approximate surface area is 163 Å². The van der Waals surface area contributed by atoms with Crippen LogP contribution < -0.4 is 0 Å². The Morgan fingerprint density at radius 1 is 1.19 bits per heavy atom. The molecule has 5 unspecified atom stereocenters. The van der Waals surface area contributed by atoms with E-state index >= 15 is 0 Å². The molecule has 0 heterocycles. The van der Waals surface area contributed by atoms with Crippen LogP contribution in [0.3, 0.4) is 0 Å². The Kier molecular flexibility index (Phi) is 6.22. The highest BCUT2D eigenvalue weighted by Gasteiger charge is 2.51. The molecule has 5 atom stereocenters. The van der Waals surface area contributed by atoms with Crippen LogP contribution in [0.15, 0.2) is 30.3 Å². The largest absolute Gasteiger partial charge is 0.425 e. The van der Waals surface area contributed by atoms with Gasteiger partial charge in [-0.25, -0.2) is 8.72 Å². The van der Waals surface area contributed by atoms with Gasteiger partial charge in [-0.2, -0.15) is 0 Å². The first-order valence-corrected chi connectivity index (χ1v) is 10.1. The summed E-state index contributed by atoms with van der Waals surface area (Å²) in [5, 5.41) is 0. The highest BCUT2D eigenvalue weighted by atomic mass is 79.9. The van der Waals surface area contributed by atoms with E-state index in [0.29, 0.717) is 30.6 Å². The number of carbonyl (C=O) groups excluding carboxylic acids is 2. The Morgan fingerprint density at radius 2 is 1.88 bits per heavy atom. The van der Waals surface area contributed by atoms with Gasteiger partial charge in [0.15, 0.2) is 0 Å². The minimum absolute atomic E-state index is 0.0576. The van der Waals surface area contributed by atoms with E-state index in [4.69, 9.17) is 9.47 Å². The quantitative estimate of drug-likeness (QED) is 0.366. The second kappa shape index (κ2) is 8.42. The average molecular weight is 424 g/mol. The van der Waals surface area contributed by atoms with Crippen molar-refractivity contribution in [3.63, 3.8) is 0 Å².